The predicted octanol–water partition coefficient (Wildman–Crippen LogP) is 4.04. The Bertz CT molecular complexity index is 813. The molecular formula is C19H20N2O2S2. The molecule has 0 bridgehead atoms. The molecule has 2 aromatic carbocycles. The van der Waals surface area contributed by atoms with Crippen LogP contribution >= 0.6 is 23.1 Å². The van der Waals surface area contributed by atoms with Crippen molar-refractivity contribution in [3.05, 3.63) is 59.7 Å². The van der Waals surface area contributed by atoms with Gasteiger partial charge in [0, 0.05) is 24.4 Å². The molecular weight excluding hydrogens is 352 g/mol. The summed E-state index contributed by atoms with van der Waals surface area (Å²) in [6.45, 7) is 2.85. The first kappa shape index (κ1) is 17.9. The van der Waals surface area contributed by atoms with Crippen LogP contribution in [-0.2, 0) is 5.75 Å². The van der Waals surface area contributed by atoms with E-state index in [-0.39, 0.29) is 12.5 Å². The van der Waals surface area contributed by atoms with Gasteiger partial charge < -0.3 is 10.0 Å². The van der Waals surface area contributed by atoms with Gasteiger partial charge in [0.2, 0.25) is 0 Å². The lowest BCUT2D eigenvalue weighted by Crippen LogP contribution is -2.33. The summed E-state index contributed by atoms with van der Waals surface area (Å²) in [5.74, 6) is 0.782. The number of hydrogen-bond donors (Lipinski definition) is 1. The molecule has 0 aliphatic heterocycles. The Hall–Kier alpha value is -1.89. The molecule has 130 valence electrons. The summed E-state index contributed by atoms with van der Waals surface area (Å²) in [5.41, 5.74) is 2.86. The molecule has 3 aromatic rings. The number of nitrogens with zero attached hydrogens (tertiary/aromatic N) is 2. The summed E-state index contributed by atoms with van der Waals surface area (Å²) in [7, 11) is 0. The van der Waals surface area contributed by atoms with Gasteiger partial charge in [0.25, 0.3) is 5.91 Å². The third-order valence-electron chi connectivity index (χ3n) is 3.88. The van der Waals surface area contributed by atoms with Gasteiger partial charge in [0.05, 0.1) is 16.8 Å². The molecule has 4 nitrogen and oxygen atoms in total. The molecule has 0 radical (unpaired) electrons. The zero-order chi connectivity index (χ0) is 17.6. The first-order valence-electron chi connectivity index (χ1n) is 8.18. The summed E-state index contributed by atoms with van der Waals surface area (Å²) >= 11 is 3.42. The third-order valence-corrected chi connectivity index (χ3v) is 6.13. The lowest BCUT2D eigenvalue weighted by molar-refractivity contribution is 0.0732. The average molecular weight is 373 g/mol. The number of amides is 1. The Balaban J connectivity index is 1.63. The van der Waals surface area contributed by atoms with Crippen LogP contribution in [0.25, 0.3) is 10.2 Å². The maximum Gasteiger partial charge on any atom is 0.253 e. The number of thioether (sulfide) groups is 1. The van der Waals surface area contributed by atoms with E-state index in [0.29, 0.717) is 18.7 Å². The number of likely N-dealkylation sites (N-methyl/N-ethyl adjacent to an activating group) is 1. The molecule has 1 amide bonds. The van der Waals surface area contributed by atoms with E-state index < -0.39 is 0 Å². The van der Waals surface area contributed by atoms with Crippen LogP contribution in [0.5, 0.6) is 0 Å². The van der Waals surface area contributed by atoms with Crippen molar-refractivity contribution in [2.45, 2.75) is 17.0 Å². The highest BCUT2D eigenvalue weighted by molar-refractivity contribution is 8.00. The number of aliphatic hydroxyl groups excluding tert-OH is 1. The van der Waals surface area contributed by atoms with E-state index in [1.54, 1.807) is 28.0 Å². The standard InChI is InChI=1S/C19H20N2O2S2/c1-2-21(11-12-22)18(23)15-9-7-14(8-10-15)13-24-19-20-16-5-3-4-6-17(16)25-19/h3-10,22H,2,11-13H2,1H3. The monoisotopic (exact) mass is 372 g/mol. The fourth-order valence-electron chi connectivity index (χ4n) is 2.51. The number of para-hydroxylation sites is 1. The minimum Gasteiger partial charge on any atom is -0.395 e. The molecule has 0 fully saturated rings. The number of carbonyl (C=O) groups excluding carboxylic acids is 1. The van der Waals surface area contributed by atoms with E-state index in [4.69, 9.17) is 5.11 Å². The van der Waals surface area contributed by atoms with Crippen LogP contribution in [0.3, 0.4) is 0 Å². The smallest absolute Gasteiger partial charge is 0.253 e. The maximum absolute atomic E-state index is 12.4. The van der Waals surface area contributed by atoms with E-state index in [0.717, 1.165) is 21.2 Å². The zero-order valence-corrected chi connectivity index (χ0v) is 15.6. The topological polar surface area (TPSA) is 53.4 Å². The Labute approximate surface area is 155 Å². The predicted molar refractivity (Wildman–Crippen MR) is 104 cm³/mol. The van der Waals surface area contributed by atoms with E-state index in [1.807, 2.05) is 49.4 Å². The van der Waals surface area contributed by atoms with Gasteiger partial charge in [-0.25, -0.2) is 4.98 Å². The highest BCUT2D eigenvalue weighted by Gasteiger charge is 2.13. The van der Waals surface area contributed by atoms with E-state index in [9.17, 15) is 4.79 Å². The zero-order valence-electron chi connectivity index (χ0n) is 14.0. The fourth-order valence-corrected chi connectivity index (χ4v) is 4.53. The quantitative estimate of drug-likeness (QED) is 0.636. The van der Waals surface area contributed by atoms with Gasteiger partial charge in [0.15, 0.2) is 4.34 Å². The number of thiazole rings is 1. The minimum atomic E-state index is -0.0399. The van der Waals surface area contributed by atoms with Crippen LogP contribution in [0.1, 0.15) is 22.8 Å². The summed E-state index contributed by atoms with van der Waals surface area (Å²) < 4.78 is 2.26. The van der Waals surface area contributed by atoms with Crippen molar-refractivity contribution in [3.8, 4) is 0 Å². The molecule has 0 aliphatic carbocycles. The van der Waals surface area contributed by atoms with Crippen LogP contribution in [0.4, 0.5) is 0 Å². The SMILES string of the molecule is CCN(CCO)C(=O)c1ccc(CSc2nc3ccccc3s2)cc1. The van der Waals surface area contributed by atoms with Gasteiger partial charge >= 0.3 is 0 Å². The van der Waals surface area contributed by atoms with Gasteiger partial charge in [-0.15, -0.1) is 11.3 Å². The Morgan fingerprint density at radius 1 is 1.20 bits per heavy atom. The van der Waals surface area contributed by atoms with Gasteiger partial charge in [-0.2, -0.15) is 0 Å². The number of hydrogen-bond acceptors (Lipinski definition) is 5. The Morgan fingerprint density at radius 2 is 1.96 bits per heavy atom. The number of benzene rings is 2. The third kappa shape index (κ3) is 4.39. The first-order valence-corrected chi connectivity index (χ1v) is 9.99. The van der Waals surface area contributed by atoms with Crippen LogP contribution in [0, 0.1) is 0 Å². The van der Waals surface area contributed by atoms with E-state index >= 15 is 0 Å². The van der Waals surface area contributed by atoms with Crippen molar-refractivity contribution in [1.29, 1.82) is 0 Å². The summed E-state index contributed by atoms with van der Waals surface area (Å²) in [4.78, 5) is 18.6. The molecule has 1 heterocycles. The molecule has 0 atom stereocenters. The molecule has 0 aliphatic rings. The Morgan fingerprint density at radius 3 is 2.64 bits per heavy atom. The lowest BCUT2D eigenvalue weighted by Gasteiger charge is -2.19. The highest BCUT2D eigenvalue weighted by atomic mass is 32.2. The molecule has 1 aromatic heterocycles. The molecule has 3 rings (SSSR count). The van der Waals surface area contributed by atoms with Crippen molar-refractivity contribution >= 4 is 39.2 Å². The largest absolute Gasteiger partial charge is 0.395 e. The second kappa shape index (κ2) is 8.47. The first-order chi connectivity index (χ1) is 12.2. The summed E-state index contributed by atoms with van der Waals surface area (Å²) in [5, 5.41) is 9.04. The van der Waals surface area contributed by atoms with Crippen molar-refractivity contribution in [3.63, 3.8) is 0 Å². The average Bonchev–Trinajstić information content (AvgIpc) is 3.07. The molecule has 1 N–H and O–H groups in total. The van der Waals surface area contributed by atoms with Crippen molar-refractivity contribution < 1.29 is 9.90 Å². The second-order valence-corrected chi connectivity index (χ2v) is 7.79. The van der Waals surface area contributed by atoms with Crippen molar-refractivity contribution in [2.24, 2.45) is 0 Å². The van der Waals surface area contributed by atoms with E-state index in [1.165, 1.54) is 4.70 Å². The van der Waals surface area contributed by atoms with Crippen LogP contribution in [0.2, 0.25) is 0 Å². The normalized spacial score (nSPS) is 11.0. The molecule has 0 unspecified atom stereocenters. The van der Waals surface area contributed by atoms with Crippen LogP contribution < -0.4 is 0 Å². The van der Waals surface area contributed by atoms with Gasteiger partial charge in [-0.3, -0.25) is 4.79 Å². The molecule has 0 spiro atoms. The van der Waals surface area contributed by atoms with Crippen molar-refractivity contribution in [1.82, 2.24) is 9.88 Å². The van der Waals surface area contributed by atoms with Crippen LogP contribution in [0.15, 0.2) is 52.9 Å². The minimum absolute atomic E-state index is 0.0174. The number of fused-ring (bicyclic) bond motifs is 1. The van der Waals surface area contributed by atoms with Crippen LogP contribution in [-0.4, -0.2) is 40.6 Å². The molecule has 0 saturated heterocycles. The fraction of sp³-hybridized carbons (Fsp3) is 0.263. The Kier molecular flexibility index (Phi) is 6.07. The number of aromatic nitrogens is 1. The molecule has 25 heavy (non-hydrogen) atoms. The summed E-state index contributed by atoms with van der Waals surface area (Å²) in [6.07, 6.45) is 0. The maximum atomic E-state index is 12.4. The molecule has 0 saturated carbocycles. The lowest BCUT2D eigenvalue weighted by atomic mass is 10.1. The van der Waals surface area contributed by atoms with Gasteiger partial charge in [0.1, 0.15) is 0 Å². The number of carbonyl (C=O) groups is 1. The van der Waals surface area contributed by atoms with E-state index in [2.05, 4.69) is 11.1 Å². The molecule has 6 heteroatoms. The highest BCUT2D eigenvalue weighted by Crippen LogP contribution is 2.31. The van der Waals surface area contributed by atoms with Crippen molar-refractivity contribution in [2.75, 3.05) is 19.7 Å². The number of rotatable bonds is 7. The van der Waals surface area contributed by atoms with Gasteiger partial charge in [-0.1, -0.05) is 36.0 Å². The second-order valence-electron chi connectivity index (χ2n) is 5.54. The number of aliphatic hydroxyl groups is 1. The summed E-state index contributed by atoms with van der Waals surface area (Å²) in [6, 6.07) is 15.8. The van der Waals surface area contributed by atoms with Gasteiger partial charge in [-0.05, 0) is 36.8 Å².